The molecule has 1 aromatic heterocycles. The lowest BCUT2D eigenvalue weighted by Gasteiger charge is -2.12. The molecule has 0 saturated carbocycles. The van der Waals surface area contributed by atoms with Gasteiger partial charge in [-0.15, -0.1) is 0 Å². The van der Waals surface area contributed by atoms with Crippen molar-refractivity contribution in [3.05, 3.63) is 28.2 Å². The van der Waals surface area contributed by atoms with Crippen LogP contribution >= 0.6 is 0 Å². The zero-order valence-corrected chi connectivity index (χ0v) is 9.12. The molecule has 0 radical (unpaired) electrons. The maximum absolute atomic E-state index is 11.4. The number of anilines is 1. The molecule has 15 heavy (non-hydrogen) atoms. The van der Waals surface area contributed by atoms with Gasteiger partial charge in [-0.25, -0.2) is 0 Å². The van der Waals surface area contributed by atoms with E-state index in [1.807, 2.05) is 0 Å². The van der Waals surface area contributed by atoms with Gasteiger partial charge in [0.05, 0.1) is 5.69 Å². The molecule has 82 valence electrons. The van der Waals surface area contributed by atoms with Crippen LogP contribution in [0.25, 0.3) is 0 Å². The standard InChI is InChI=1S/C11H16N2O2/c1-3-4-5-10-9(12-8-14)6-7-11(15)13(10)2/h6-8H,3-5H2,1-2H3,(H,12,14). The van der Waals surface area contributed by atoms with Crippen molar-refractivity contribution in [1.29, 1.82) is 0 Å². The second-order valence-corrected chi connectivity index (χ2v) is 3.46. The van der Waals surface area contributed by atoms with Crippen molar-refractivity contribution >= 4 is 12.1 Å². The first-order valence-corrected chi connectivity index (χ1v) is 5.09. The summed E-state index contributed by atoms with van der Waals surface area (Å²) < 4.78 is 1.58. The highest BCUT2D eigenvalue weighted by atomic mass is 16.1. The van der Waals surface area contributed by atoms with Crippen LogP contribution in [0.15, 0.2) is 16.9 Å². The van der Waals surface area contributed by atoms with Gasteiger partial charge in [0.15, 0.2) is 0 Å². The molecular weight excluding hydrogens is 192 g/mol. The smallest absolute Gasteiger partial charge is 0.250 e. The van der Waals surface area contributed by atoms with E-state index >= 15 is 0 Å². The van der Waals surface area contributed by atoms with Gasteiger partial charge in [0.1, 0.15) is 0 Å². The molecule has 1 N–H and O–H groups in total. The van der Waals surface area contributed by atoms with Gasteiger partial charge in [-0.1, -0.05) is 13.3 Å². The first kappa shape index (κ1) is 11.5. The van der Waals surface area contributed by atoms with Gasteiger partial charge in [-0.3, -0.25) is 9.59 Å². The lowest BCUT2D eigenvalue weighted by Crippen LogP contribution is -2.21. The highest BCUT2D eigenvalue weighted by Crippen LogP contribution is 2.14. The van der Waals surface area contributed by atoms with E-state index in [-0.39, 0.29) is 5.56 Å². The van der Waals surface area contributed by atoms with Crippen molar-refractivity contribution in [2.45, 2.75) is 26.2 Å². The average molecular weight is 208 g/mol. The summed E-state index contributed by atoms with van der Waals surface area (Å²) in [6.07, 6.45) is 3.50. The molecule has 0 aromatic carbocycles. The Bertz CT molecular complexity index is 396. The second-order valence-electron chi connectivity index (χ2n) is 3.46. The number of aromatic nitrogens is 1. The van der Waals surface area contributed by atoms with Crippen molar-refractivity contribution in [3.63, 3.8) is 0 Å². The molecule has 4 nitrogen and oxygen atoms in total. The molecule has 0 unspecified atom stereocenters. The molecule has 0 aliphatic heterocycles. The number of nitrogens with one attached hydrogen (secondary N) is 1. The number of carbonyl (C=O) groups is 1. The van der Waals surface area contributed by atoms with E-state index in [0.717, 1.165) is 30.6 Å². The number of rotatable bonds is 5. The Morgan fingerprint density at radius 3 is 2.80 bits per heavy atom. The molecule has 0 atom stereocenters. The predicted octanol–water partition coefficient (Wildman–Crippen LogP) is 1.30. The Labute approximate surface area is 88.9 Å². The fraction of sp³-hybridized carbons (Fsp3) is 0.455. The van der Waals surface area contributed by atoms with Gasteiger partial charge in [0, 0.05) is 18.8 Å². The van der Waals surface area contributed by atoms with Crippen molar-refractivity contribution in [1.82, 2.24) is 4.57 Å². The molecule has 1 heterocycles. The normalized spacial score (nSPS) is 10.0. The summed E-state index contributed by atoms with van der Waals surface area (Å²) in [4.78, 5) is 21.8. The average Bonchev–Trinajstić information content (AvgIpc) is 2.23. The fourth-order valence-electron chi connectivity index (χ4n) is 1.52. The Morgan fingerprint density at radius 2 is 2.20 bits per heavy atom. The molecule has 1 rings (SSSR count). The first-order chi connectivity index (χ1) is 7.20. The van der Waals surface area contributed by atoms with Gasteiger partial charge in [0.2, 0.25) is 6.41 Å². The zero-order chi connectivity index (χ0) is 11.3. The minimum atomic E-state index is -0.0439. The van der Waals surface area contributed by atoms with Crippen molar-refractivity contribution < 1.29 is 4.79 Å². The van der Waals surface area contributed by atoms with Crippen molar-refractivity contribution in [2.75, 3.05) is 5.32 Å². The number of hydrogen-bond donors (Lipinski definition) is 1. The fourth-order valence-corrected chi connectivity index (χ4v) is 1.52. The molecule has 0 fully saturated rings. The molecular formula is C11H16N2O2. The van der Waals surface area contributed by atoms with Gasteiger partial charge in [-0.05, 0) is 18.9 Å². The van der Waals surface area contributed by atoms with Crippen molar-refractivity contribution in [2.24, 2.45) is 7.05 Å². The zero-order valence-electron chi connectivity index (χ0n) is 9.12. The van der Waals surface area contributed by atoms with E-state index in [1.54, 1.807) is 17.7 Å². The van der Waals surface area contributed by atoms with E-state index in [2.05, 4.69) is 12.2 Å². The maximum atomic E-state index is 11.4. The van der Waals surface area contributed by atoms with Gasteiger partial charge in [0.25, 0.3) is 5.56 Å². The third-order valence-corrected chi connectivity index (χ3v) is 2.42. The summed E-state index contributed by atoms with van der Waals surface area (Å²) in [5.41, 5.74) is 1.56. The lowest BCUT2D eigenvalue weighted by molar-refractivity contribution is -0.105. The highest BCUT2D eigenvalue weighted by Gasteiger charge is 2.06. The number of hydrogen-bond acceptors (Lipinski definition) is 2. The number of carbonyl (C=O) groups excluding carboxylic acids is 1. The Morgan fingerprint density at radius 1 is 1.47 bits per heavy atom. The van der Waals surface area contributed by atoms with E-state index in [1.165, 1.54) is 6.07 Å². The molecule has 1 aromatic rings. The maximum Gasteiger partial charge on any atom is 0.250 e. The van der Waals surface area contributed by atoms with Crippen LogP contribution < -0.4 is 10.9 Å². The summed E-state index contributed by atoms with van der Waals surface area (Å²) >= 11 is 0. The Kier molecular flexibility index (Phi) is 4.09. The monoisotopic (exact) mass is 208 g/mol. The summed E-state index contributed by atoms with van der Waals surface area (Å²) in [6, 6.07) is 3.11. The third kappa shape index (κ3) is 2.68. The summed E-state index contributed by atoms with van der Waals surface area (Å²) in [7, 11) is 1.73. The summed E-state index contributed by atoms with van der Waals surface area (Å²) in [5.74, 6) is 0. The van der Waals surface area contributed by atoms with Crippen LogP contribution in [0.4, 0.5) is 5.69 Å². The Balaban J connectivity index is 3.09. The van der Waals surface area contributed by atoms with Crippen LogP contribution in [0.3, 0.4) is 0 Å². The molecule has 0 spiro atoms. The minimum Gasteiger partial charge on any atom is -0.327 e. The predicted molar refractivity (Wildman–Crippen MR) is 60.0 cm³/mol. The molecule has 0 saturated heterocycles. The largest absolute Gasteiger partial charge is 0.327 e. The number of unbranched alkanes of at least 4 members (excludes halogenated alkanes) is 1. The second kappa shape index (κ2) is 5.34. The minimum absolute atomic E-state index is 0.0439. The lowest BCUT2D eigenvalue weighted by atomic mass is 10.1. The summed E-state index contributed by atoms with van der Waals surface area (Å²) in [6.45, 7) is 2.09. The topological polar surface area (TPSA) is 51.1 Å². The summed E-state index contributed by atoms with van der Waals surface area (Å²) in [5, 5.41) is 2.61. The van der Waals surface area contributed by atoms with Crippen LogP contribution in [0.1, 0.15) is 25.5 Å². The van der Waals surface area contributed by atoms with E-state index in [9.17, 15) is 9.59 Å². The van der Waals surface area contributed by atoms with Crippen LogP contribution in [-0.4, -0.2) is 11.0 Å². The van der Waals surface area contributed by atoms with Gasteiger partial charge in [-0.2, -0.15) is 0 Å². The number of nitrogens with zero attached hydrogens (tertiary/aromatic N) is 1. The van der Waals surface area contributed by atoms with Crippen LogP contribution in [0.2, 0.25) is 0 Å². The van der Waals surface area contributed by atoms with Crippen LogP contribution in [0.5, 0.6) is 0 Å². The highest BCUT2D eigenvalue weighted by molar-refractivity contribution is 5.72. The van der Waals surface area contributed by atoms with E-state index < -0.39 is 0 Å². The third-order valence-electron chi connectivity index (χ3n) is 2.42. The molecule has 0 aliphatic carbocycles. The van der Waals surface area contributed by atoms with Gasteiger partial charge < -0.3 is 9.88 Å². The van der Waals surface area contributed by atoms with E-state index in [0.29, 0.717) is 6.41 Å². The van der Waals surface area contributed by atoms with Crippen LogP contribution in [-0.2, 0) is 18.3 Å². The molecule has 1 amide bonds. The molecule has 0 aliphatic rings. The van der Waals surface area contributed by atoms with Gasteiger partial charge >= 0.3 is 0 Å². The molecule has 4 heteroatoms. The van der Waals surface area contributed by atoms with Crippen molar-refractivity contribution in [3.8, 4) is 0 Å². The number of pyridine rings is 1. The van der Waals surface area contributed by atoms with Crippen LogP contribution in [0, 0.1) is 0 Å². The Hall–Kier alpha value is -1.58. The SMILES string of the molecule is CCCCc1c(NC=O)ccc(=O)n1C. The first-order valence-electron chi connectivity index (χ1n) is 5.09. The van der Waals surface area contributed by atoms with E-state index in [4.69, 9.17) is 0 Å². The number of amides is 1. The quantitative estimate of drug-likeness (QED) is 0.741. The molecule has 0 bridgehead atoms.